The van der Waals surface area contributed by atoms with E-state index in [9.17, 15) is 14.0 Å². The van der Waals surface area contributed by atoms with E-state index in [2.05, 4.69) is 31.9 Å². The van der Waals surface area contributed by atoms with Gasteiger partial charge in [-0.1, -0.05) is 6.92 Å². The first-order valence-electron chi connectivity index (χ1n) is 6.27. The Bertz CT molecular complexity index is 538. The number of hydrogen-bond donors (Lipinski definition) is 3. The molecular formula is C13H15BrFN3O2. The Kier molecular flexibility index (Phi) is 4.59. The van der Waals surface area contributed by atoms with Gasteiger partial charge in [-0.05, 0) is 46.5 Å². The van der Waals surface area contributed by atoms with Crippen LogP contribution in [0.5, 0.6) is 0 Å². The Hall–Kier alpha value is -1.63. The summed E-state index contributed by atoms with van der Waals surface area (Å²) in [6.45, 7) is 2.54. The van der Waals surface area contributed by atoms with Gasteiger partial charge in [-0.3, -0.25) is 4.79 Å². The molecule has 5 nitrogen and oxygen atoms in total. The van der Waals surface area contributed by atoms with Crippen molar-refractivity contribution in [2.75, 3.05) is 11.9 Å². The van der Waals surface area contributed by atoms with E-state index < -0.39 is 17.9 Å². The van der Waals surface area contributed by atoms with E-state index in [-0.39, 0.29) is 16.3 Å². The lowest BCUT2D eigenvalue weighted by molar-refractivity contribution is -0.125. The third-order valence-electron chi connectivity index (χ3n) is 3.21. The summed E-state index contributed by atoms with van der Waals surface area (Å²) in [6.07, 6.45) is 0.818. The first-order valence-corrected chi connectivity index (χ1v) is 7.07. The largest absolute Gasteiger partial charge is 0.354 e. The zero-order chi connectivity index (χ0) is 14.7. The first-order chi connectivity index (χ1) is 9.47. The normalized spacial score (nSPS) is 22.1. The molecule has 0 bridgehead atoms. The predicted octanol–water partition coefficient (Wildman–Crippen LogP) is 2.23. The summed E-state index contributed by atoms with van der Waals surface area (Å²) in [5.41, 5.74) is 0.444. The standard InChI is InChI=1S/C13H15BrFN3O2/c1-7-4-5-16-12(19)11(7)18-13(20)17-8-2-3-10(15)9(14)6-8/h2-3,6-7,11H,4-5H2,1H3,(H,16,19)(H2,17,18,20)/t7-,11-/m1/s1. The molecule has 2 atom stereocenters. The zero-order valence-corrected chi connectivity index (χ0v) is 12.5. The molecule has 3 amide bonds. The van der Waals surface area contributed by atoms with Crippen molar-refractivity contribution in [2.24, 2.45) is 5.92 Å². The second-order valence-corrected chi connectivity index (χ2v) is 5.62. The summed E-state index contributed by atoms with van der Waals surface area (Å²) in [4.78, 5) is 23.5. The molecule has 1 aliphatic rings. The Morgan fingerprint density at radius 1 is 1.50 bits per heavy atom. The van der Waals surface area contributed by atoms with Crippen molar-refractivity contribution < 1.29 is 14.0 Å². The van der Waals surface area contributed by atoms with Crippen LogP contribution in [0.1, 0.15) is 13.3 Å². The van der Waals surface area contributed by atoms with Crippen molar-refractivity contribution in [3.05, 3.63) is 28.5 Å². The number of hydrogen-bond acceptors (Lipinski definition) is 2. The second kappa shape index (κ2) is 6.21. The summed E-state index contributed by atoms with van der Waals surface area (Å²) >= 11 is 3.04. The number of halogens is 2. The molecule has 0 saturated carbocycles. The van der Waals surface area contributed by atoms with Gasteiger partial charge in [0.1, 0.15) is 11.9 Å². The van der Waals surface area contributed by atoms with E-state index in [0.29, 0.717) is 12.2 Å². The summed E-state index contributed by atoms with van der Waals surface area (Å²) in [7, 11) is 0. The molecule has 2 rings (SSSR count). The fraction of sp³-hybridized carbons (Fsp3) is 0.385. The maximum absolute atomic E-state index is 13.1. The smallest absolute Gasteiger partial charge is 0.319 e. The van der Waals surface area contributed by atoms with Gasteiger partial charge in [0.15, 0.2) is 0 Å². The summed E-state index contributed by atoms with van der Waals surface area (Å²) < 4.78 is 13.3. The van der Waals surface area contributed by atoms with Gasteiger partial charge in [0.05, 0.1) is 4.47 Å². The highest BCUT2D eigenvalue weighted by Gasteiger charge is 2.30. The van der Waals surface area contributed by atoms with E-state index in [4.69, 9.17) is 0 Å². The number of amides is 3. The molecule has 1 aromatic rings. The molecule has 1 aliphatic heterocycles. The molecule has 0 aromatic heterocycles. The van der Waals surface area contributed by atoms with Gasteiger partial charge in [0, 0.05) is 12.2 Å². The maximum Gasteiger partial charge on any atom is 0.319 e. The Morgan fingerprint density at radius 2 is 2.25 bits per heavy atom. The molecule has 7 heteroatoms. The number of piperidine rings is 1. The Balaban J connectivity index is 1.98. The van der Waals surface area contributed by atoms with E-state index >= 15 is 0 Å². The number of anilines is 1. The van der Waals surface area contributed by atoms with Crippen molar-refractivity contribution in [3.63, 3.8) is 0 Å². The van der Waals surface area contributed by atoms with Gasteiger partial charge < -0.3 is 16.0 Å². The minimum Gasteiger partial charge on any atom is -0.354 e. The third-order valence-corrected chi connectivity index (χ3v) is 3.82. The molecule has 0 aliphatic carbocycles. The molecule has 1 fully saturated rings. The van der Waals surface area contributed by atoms with Crippen LogP contribution >= 0.6 is 15.9 Å². The van der Waals surface area contributed by atoms with Crippen LogP contribution in [0.2, 0.25) is 0 Å². The molecule has 1 heterocycles. The summed E-state index contributed by atoms with van der Waals surface area (Å²) in [5, 5.41) is 7.91. The number of rotatable bonds is 2. The number of carbonyl (C=O) groups is 2. The molecular weight excluding hydrogens is 329 g/mol. The van der Waals surface area contributed by atoms with Crippen LogP contribution in [-0.2, 0) is 4.79 Å². The van der Waals surface area contributed by atoms with E-state index in [1.807, 2.05) is 6.92 Å². The van der Waals surface area contributed by atoms with Crippen molar-refractivity contribution in [1.82, 2.24) is 10.6 Å². The maximum atomic E-state index is 13.1. The van der Waals surface area contributed by atoms with E-state index in [1.165, 1.54) is 18.2 Å². The molecule has 0 radical (unpaired) electrons. The molecule has 108 valence electrons. The number of urea groups is 1. The van der Waals surface area contributed by atoms with Gasteiger partial charge >= 0.3 is 6.03 Å². The van der Waals surface area contributed by atoms with Crippen LogP contribution in [0.4, 0.5) is 14.9 Å². The van der Waals surface area contributed by atoms with Crippen molar-refractivity contribution in [2.45, 2.75) is 19.4 Å². The minimum atomic E-state index is -0.548. The van der Waals surface area contributed by atoms with Crippen LogP contribution < -0.4 is 16.0 Å². The van der Waals surface area contributed by atoms with E-state index in [0.717, 1.165) is 6.42 Å². The van der Waals surface area contributed by atoms with Crippen LogP contribution in [0, 0.1) is 11.7 Å². The number of benzene rings is 1. The highest BCUT2D eigenvalue weighted by atomic mass is 79.9. The van der Waals surface area contributed by atoms with Gasteiger partial charge in [-0.15, -0.1) is 0 Å². The van der Waals surface area contributed by atoms with Crippen LogP contribution in [-0.4, -0.2) is 24.5 Å². The van der Waals surface area contributed by atoms with Crippen LogP contribution in [0.15, 0.2) is 22.7 Å². The van der Waals surface area contributed by atoms with Gasteiger partial charge in [-0.25, -0.2) is 9.18 Å². The fourth-order valence-corrected chi connectivity index (χ4v) is 2.43. The molecule has 0 spiro atoms. The third kappa shape index (κ3) is 3.47. The highest BCUT2D eigenvalue weighted by molar-refractivity contribution is 9.10. The average Bonchev–Trinajstić information content (AvgIpc) is 2.38. The van der Waals surface area contributed by atoms with Crippen molar-refractivity contribution in [1.29, 1.82) is 0 Å². The SMILES string of the molecule is C[C@@H]1CCNC(=O)[C@@H]1NC(=O)Nc1ccc(F)c(Br)c1. The molecule has 20 heavy (non-hydrogen) atoms. The Labute approximate surface area is 124 Å². The topological polar surface area (TPSA) is 70.2 Å². The molecule has 1 saturated heterocycles. The van der Waals surface area contributed by atoms with Crippen LogP contribution in [0.25, 0.3) is 0 Å². The molecule has 1 aromatic carbocycles. The quantitative estimate of drug-likeness (QED) is 0.770. The lowest BCUT2D eigenvalue weighted by atomic mass is 9.94. The van der Waals surface area contributed by atoms with Gasteiger partial charge in [0.2, 0.25) is 5.91 Å². The monoisotopic (exact) mass is 343 g/mol. The van der Waals surface area contributed by atoms with Gasteiger partial charge in [0.25, 0.3) is 0 Å². The Morgan fingerprint density at radius 3 is 2.90 bits per heavy atom. The number of nitrogens with one attached hydrogen (secondary N) is 3. The lowest BCUT2D eigenvalue weighted by Crippen LogP contribution is -2.55. The molecule has 3 N–H and O–H groups in total. The van der Waals surface area contributed by atoms with E-state index in [1.54, 1.807) is 0 Å². The zero-order valence-electron chi connectivity index (χ0n) is 10.9. The highest BCUT2D eigenvalue weighted by Crippen LogP contribution is 2.20. The van der Waals surface area contributed by atoms with Crippen molar-refractivity contribution in [3.8, 4) is 0 Å². The first kappa shape index (κ1) is 14.8. The predicted molar refractivity (Wildman–Crippen MR) is 76.8 cm³/mol. The van der Waals surface area contributed by atoms with Gasteiger partial charge in [-0.2, -0.15) is 0 Å². The molecule has 0 unspecified atom stereocenters. The minimum absolute atomic E-state index is 0.0782. The lowest BCUT2D eigenvalue weighted by Gasteiger charge is -2.28. The summed E-state index contributed by atoms with van der Waals surface area (Å²) in [5.74, 6) is -0.509. The van der Waals surface area contributed by atoms with Crippen LogP contribution in [0.3, 0.4) is 0 Å². The second-order valence-electron chi connectivity index (χ2n) is 4.76. The number of carbonyl (C=O) groups excluding carboxylic acids is 2. The average molecular weight is 344 g/mol. The van der Waals surface area contributed by atoms with Crippen molar-refractivity contribution >= 4 is 33.6 Å². The fourth-order valence-electron chi connectivity index (χ4n) is 2.05. The summed E-state index contributed by atoms with van der Waals surface area (Å²) in [6, 6.07) is 3.11.